The van der Waals surface area contributed by atoms with Gasteiger partial charge in [0.05, 0.1) is 6.61 Å². The minimum absolute atomic E-state index is 0.153. The molecule has 3 rings (SSSR count). The van der Waals surface area contributed by atoms with Gasteiger partial charge in [-0.15, -0.1) is 0 Å². The van der Waals surface area contributed by atoms with Crippen molar-refractivity contribution in [3.63, 3.8) is 0 Å². The van der Waals surface area contributed by atoms with Gasteiger partial charge >= 0.3 is 0 Å². The summed E-state index contributed by atoms with van der Waals surface area (Å²) in [5.41, 5.74) is 3.03. The molecule has 1 saturated carbocycles. The second-order valence-corrected chi connectivity index (χ2v) is 7.11. The molecule has 1 nitrogen and oxygen atoms in total. The molecule has 0 aromatic heterocycles. The van der Waals surface area contributed by atoms with Crippen molar-refractivity contribution in [3.8, 4) is 16.9 Å². The minimum Gasteiger partial charge on any atom is -0.490 e. The SMILES string of the molecule is CCCc1c(-c2ccccc2)c(F)c(F)c(OCC)c1C1CCCCC1. The number of rotatable bonds is 6. The van der Waals surface area contributed by atoms with Gasteiger partial charge < -0.3 is 4.74 Å². The van der Waals surface area contributed by atoms with Crippen molar-refractivity contribution < 1.29 is 13.5 Å². The molecule has 2 aromatic rings. The second-order valence-electron chi connectivity index (χ2n) is 7.11. The Morgan fingerprint density at radius 2 is 1.65 bits per heavy atom. The van der Waals surface area contributed by atoms with E-state index in [0.29, 0.717) is 12.2 Å². The van der Waals surface area contributed by atoms with E-state index < -0.39 is 11.6 Å². The minimum atomic E-state index is -0.828. The standard InChI is InChI=1S/C23H28F2O/c1-3-11-18-19(16-12-7-5-8-13-16)21(24)22(25)23(26-4-2)20(18)17-14-9-6-10-15-17/h5,7-8,12-13,17H,3-4,6,9-11,14-15H2,1-2H3. The molecule has 3 heteroatoms. The van der Waals surface area contributed by atoms with E-state index in [1.54, 1.807) is 0 Å². The van der Waals surface area contributed by atoms with Gasteiger partial charge in [-0.3, -0.25) is 0 Å². The number of halogens is 2. The van der Waals surface area contributed by atoms with Crippen LogP contribution in [0.3, 0.4) is 0 Å². The molecule has 1 fully saturated rings. The molecule has 0 unspecified atom stereocenters. The summed E-state index contributed by atoms with van der Waals surface area (Å²) in [6, 6.07) is 9.37. The highest BCUT2D eigenvalue weighted by Crippen LogP contribution is 2.46. The maximum Gasteiger partial charge on any atom is 0.201 e. The molecule has 0 atom stereocenters. The van der Waals surface area contributed by atoms with Crippen molar-refractivity contribution >= 4 is 0 Å². The predicted octanol–water partition coefficient (Wildman–Crippen LogP) is 7.03. The fourth-order valence-electron chi connectivity index (χ4n) is 4.26. The molecular formula is C23H28F2O. The summed E-state index contributed by atoms with van der Waals surface area (Å²) >= 11 is 0. The van der Waals surface area contributed by atoms with Crippen LogP contribution in [-0.4, -0.2) is 6.61 Å². The number of hydrogen-bond donors (Lipinski definition) is 0. The number of benzene rings is 2. The first-order valence-corrected chi connectivity index (χ1v) is 9.90. The summed E-state index contributed by atoms with van der Waals surface area (Å²) in [5.74, 6) is -1.20. The van der Waals surface area contributed by atoms with Crippen LogP contribution >= 0.6 is 0 Å². The average Bonchev–Trinajstić information content (AvgIpc) is 2.68. The van der Waals surface area contributed by atoms with E-state index >= 15 is 8.78 Å². The van der Waals surface area contributed by atoms with Crippen molar-refractivity contribution in [2.75, 3.05) is 6.61 Å². The largest absolute Gasteiger partial charge is 0.490 e. The first-order chi connectivity index (χ1) is 12.7. The van der Waals surface area contributed by atoms with Gasteiger partial charge in [-0.1, -0.05) is 62.9 Å². The van der Waals surface area contributed by atoms with Gasteiger partial charge in [0.2, 0.25) is 5.82 Å². The van der Waals surface area contributed by atoms with Crippen LogP contribution in [0.15, 0.2) is 30.3 Å². The molecule has 0 aliphatic heterocycles. The highest BCUT2D eigenvalue weighted by Gasteiger charge is 2.30. The third-order valence-corrected chi connectivity index (χ3v) is 5.35. The van der Waals surface area contributed by atoms with Crippen LogP contribution in [0.1, 0.15) is 69.4 Å². The van der Waals surface area contributed by atoms with Crippen LogP contribution in [0.5, 0.6) is 5.75 Å². The fraction of sp³-hybridized carbons (Fsp3) is 0.478. The molecule has 0 radical (unpaired) electrons. The van der Waals surface area contributed by atoms with Gasteiger partial charge in [0.25, 0.3) is 0 Å². The van der Waals surface area contributed by atoms with E-state index in [-0.39, 0.29) is 11.7 Å². The Balaban J connectivity index is 2.28. The highest BCUT2D eigenvalue weighted by molar-refractivity contribution is 5.72. The van der Waals surface area contributed by atoms with Gasteiger partial charge in [-0.25, -0.2) is 4.39 Å². The molecule has 0 saturated heterocycles. The predicted molar refractivity (Wildman–Crippen MR) is 103 cm³/mol. The van der Waals surface area contributed by atoms with E-state index in [0.717, 1.165) is 55.2 Å². The summed E-state index contributed by atoms with van der Waals surface area (Å²) in [7, 11) is 0. The number of hydrogen-bond acceptors (Lipinski definition) is 1. The first kappa shape index (κ1) is 18.9. The molecule has 0 heterocycles. The Labute approximate surface area is 155 Å². The molecule has 0 amide bonds. The summed E-state index contributed by atoms with van der Waals surface area (Å²) < 4.78 is 35.9. The monoisotopic (exact) mass is 358 g/mol. The summed E-state index contributed by atoms with van der Waals surface area (Å²) in [4.78, 5) is 0. The molecule has 0 spiro atoms. The maximum atomic E-state index is 15.1. The van der Waals surface area contributed by atoms with Crippen molar-refractivity contribution in [1.29, 1.82) is 0 Å². The first-order valence-electron chi connectivity index (χ1n) is 9.90. The van der Waals surface area contributed by atoms with Gasteiger partial charge in [0.15, 0.2) is 11.6 Å². The lowest BCUT2D eigenvalue weighted by Crippen LogP contribution is -2.14. The lowest BCUT2D eigenvalue weighted by atomic mass is 9.78. The zero-order chi connectivity index (χ0) is 18.5. The van der Waals surface area contributed by atoms with E-state index in [1.807, 2.05) is 37.3 Å². The average molecular weight is 358 g/mol. The van der Waals surface area contributed by atoms with Crippen LogP contribution in [0.2, 0.25) is 0 Å². The third-order valence-electron chi connectivity index (χ3n) is 5.35. The van der Waals surface area contributed by atoms with Crippen LogP contribution in [0.25, 0.3) is 11.1 Å². The van der Waals surface area contributed by atoms with E-state index in [2.05, 4.69) is 6.92 Å². The summed E-state index contributed by atoms with van der Waals surface area (Å²) in [5, 5.41) is 0. The van der Waals surface area contributed by atoms with Crippen molar-refractivity contribution in [3.05, 3.63) is 53.1 Å². The summed E-state index contributed by atoms with van der Waals surface area (Å²) in [6.07, 6.45) is 7.16. The highest BCUT2D eigenvalue weighted by atomic mass is 19.2. The molecule has 2 aromatic carbocycles. The molecular weight excluding hydrogens is 330 g/mol. The lowest BCUT2D eigenvalue weighted by molar-refractivity contribution is 0.302. The third kappa shape index (κ3) is 3.62. The van der Waals surface area contributed by atoms with Crippen molar-refractivity contribution in [2.45, 2.75) is 64.7 Å². The fourth-order valence-corrected chi connectivity index (χ4v) is 4.26. The molecule has 1 aliphatic carbocycles. The topological polar surface area (TPSA) is 9.23 Å². The summed E-state index contributed by atoms with van der Waals surface area (Å²) in [6.45, 7) is 4.25. The quantitative estimate of drug-likeness (QED) is 0.538. The Morgan fingerprint density at radius 3 is 2.27 bits per heavy atom. The molecule has 0 bridgehead atoms. The molecule has 1 aliphatic rings. The zero-order valence-corrected chi connectivity index (χ0v) is 15.8. The Hall–Kier alpha value is -1.90. The zero-order valence-electron chi connectivity index (χ0n) is 15.8. The Morgan fingerprint density at radius 1 is 0.962 bits per heavy atom. The van der Waals surface area contributed by atoms with Crippen LogP contribution in [-0.2, 0) is 6.42 Å². The van der Waals surface area contributed by atoms with Gasteiger partial charge in [-0.2, -0.15) is 4.39 Å². The van der Waals surface area contributed by atoms with Crippen molar-refractivity contribution in [2.24, 2.45) is 0 Å². The van der Waals surface area contributed by atoms with E-state index in [1.165, 1.54) is 6.42 Å². The molecule has 0 N–H and O–H groups in total. The Kier molecular flexibility index (Phi) is 6.29. The lowest BCUT2D eigenvalue weighted by Gasteiger charge is -2.29. The molecule has 140 valence electrons. The smallest absolute Gasteiger partial charge is 0.201 e. The normalized spacial score (nSPS) is 15.2. The second kappa shape index (κ2) is 8.66. The Bertz CT molecular complexity index is 734. The molecule has 26 heavy (non-hydrogen) atoms. The van der Waals surface area contributed by atoms with E-state index in [4.69, 9.17) is 4.74 Å². The van der Waals surface area contributed by atoms with Crippen LogP contribution in [0, 0.1) is 11.6 Å². The van der Waals surface area contributed by atoms with Crippen LogP contribution < -0.4 is 4.74 Å². The van der Waals surface area contributed by atoms with Gasteiger partial charge in [-0.05, 0) is 43.2 Å². The van der Waals surface area contributed by atoms with Gasteiger partial charge in [0.1, 0.15) is 0 Å². The number of ether oxygens (including phenoxy) is 1. The maximum absolute atomic E-state index is 15.1. The van der Waals surface area contributed by atoms with E-state index in [9.17, 15) is 0 Å². The van der Waals surface area contributed by atoms with Crippen LogP contribution in [0.4, 0.5) is 8.78 Å². The van der Waals surface area contributed by atoms with Crippen molar-refractivity contribution in [1.82, 2.24) is 0 Å². The van der Waals surface area contributed by atoms with Gasteiger partial charge in [0, 0.05) is 11.1 Å².